The SMILES string of the molecule is CCCC(=O)N[C@@H](CCCN=C(C)N)C(=O)NCC(=O)N[C@@H](CC(=O)OC(C)(C)C)C(=O)NC(CC1=CCc2ccccc21)C(=O)N1CCC[C@H]1C(=O)NC(CC)C(N)=O.CC[C@H](NC(=O)C1CCCN1C(=O)C(CC1=CCc2ccccc21)NC(=O)[C@H](CC(C)=O)NC(=O)CNC(=O)[C@H](CCCN=C(C)N)NC(=O)OCC1c2ccccc2-c2ccccc21)C(N)=O. The van der Waals surface area contributed by atoms with Crippen molar-refractivity contribution >= 4 is 117 Å². The number of aliphatic imine (C=N–C) groups is 2. The number of alkyl carbamates (subject to hydrolysis) is 1. The average Bonchev–Trinajstić information content (AvgIpc) is 1.61. The summed E-state index contributed by atoms with van der Waals surface area (Å²) in [6.45, 7) is 14.4. The second kappa shape index (κ2) is 48.5. The number of likely N-dealkylation sites (tertiary alicyclic amines) is 2. The van der Waals surface area contributed by atoms with Gasteiger partial charge >= 0.3 is 12.1 Å². The lowest BCUT2D eigenvalue weighted by molar-refractivity contribution is -0.156. The first-order valence-corrected chi connectivity index (χ1v) is 43.7. The summed E-state index contributed by atoms with van der Waals surface area (Å²) >= 11 is 0. The Morgan fingerprint density at radius 2 is 0.875 bits per heavy atom. The van der Waals surface area contributed by atoms with E-state index in [1.807, 2.05) is 116 Å². The number of carbonyl (C=O) groups is 16. The van der Waals surface area contributed by atoms with Crippen LogP contribution in [0.2, 0.25) is 0 Å². The molecule has 690 valence electrons. The quantitative estimate of drug-likeness (QED) is 0.0131. The molecule has 4 aromatic rings. The Labute approximate surface area is 745 Å². The number of nitrogens with one attached hydrogen (secondary N) is 10. The number of carbonyl (C=O) groups excluding carboxylic acids is 16. The number of allylic oxidation sites excluding steroid dienone is 2. The highest BCUT2D eigenvalue weighted by molar-refractivity contribution is 6.01. The van der Waals surface area contributed by atoms with E-state index in [1.165, 1.54) is 16.7 Å². The number of ketones is 1. The lowest BCUT2D eigenvalue weighted by Crippen LogP contribution is -2.58. The Hall–Kier alpha value is -13.2. The summed E-state index contributed by atoms with van der Waals surface area (Å²) in [7, 11) is 0. The normalized spacial score (nSPS) is 16.8. The maximum Gasteiger partial charge on any atom is 0.407 e. The highest BCUT2D eigenvalue weighted by atomic mass is 16.6. The number of nitrogens with zero attached hydrogens (tertiary/aromatic N) is 4. The molecule has 2 saturated heterocycles. The standard InChI is InChI=1S/C50H61N9O9.C42H63N9O9/c1-4-39(45(52)62)56-48(65)43-20-12-24-59(43)49(66)42(26-32-22-21-31-13-5-6-14-33(31)32)57-47(64)41(25-29(2)60)55-44(61)27-54-46(63)40(19-11-23-53-30(3)51)58-50(67)68-28-38-36-17-9-7-15-34(36)35-16-8-10-18-37(35)38;1-7-13-34(52)47-30(16-11-20-45-25(3)43)38(56)46-24-35(53)48-31(23-36(54)60-42(4,5)6)39(57)50-32(22-27-19-18-26-14-9-10-15-28(26)27)41(59)51-21-12-17-33(51)40(58)49-29(8-2)37(44)55/h5-10,13-18,22,38-43H,4,11-12,19-21,23-28H2,1-3H3,(H2,51,53)(H2,52,62)(H,54,63)(H,55,61)(H,56,65)(H,57,64)(H,58,67);9-10,14-15,19,29-33H,7-8,11-13,16-18,20-24H2,1-6H3,(H2,43,45)(H2,44,55)(H,46,56)(H,47,52)(H,48,53)(H,49,58)(H,50,57)/t39-,40-,41-,42?,43?;29?,30-,31-,32?,33-/m00/s1. The van der Waals surface area contributed by atoms with Gasteiger partial charge in [-0.25, -0.2) is 4.79 Å². The van der Waals surface area contributed by atoms with Crippen LogP contribution >= 0.6 is 0 Å². The van der Waals surface area contributed by atoms with Crippen molar-refractivity contribution in [3.05, 3.63) is 143 Å². The lowest BCUT2D eigenvalue weighted by Gasteiger charge is -2.31. The molecule has 2 fully saturated rings. The Bertz CT molecular complexity index is 4810. The molecule has 0 spiro atoms. The van der Waals surface area contributed by atoms with Gasteiger partial charge in [0.15, 0.2) is 0 Å². The maximum atomic E-state index is 14.5. The summed E-state index contributed by atoms with van der Waals surface area (Å²) in [6, 6.07) is 19.7. The van der Waals surface area contributed by atoms with Crippen LogP contribution in [0.3, 0.4) is 0 Å². The smallest absolute Gasteiger partial charge is 0.407 e. The van der Waals surface area contributed by atoms with Crippen LogP contribution in [-0.2, 0) is 94.2 Å². The highest BCUT2D eigenvalue weighted by Crippen LogP contribution is 2.45. The molecule has 128 heavy (non-hydrogen) atoms. The van der Waals surface area contributed by atoms with E-state index in [1.54, 1.807) is 48.5 Å². The van der Waals surface area contributed by atoms with Crippen molar-refractivity contribution in [1.82, 2.24) is 63.0 Å². The van der Waals surface area contributed by atoms with Gasteiger partial charge < -0.3 is 95.4 Å². The zero-order valence-corrected chi connectivity index (χ0v) is 74.4. The molecule has 3 aliphatic carbocycles. The third-order valence-corrected chi connectivity index (χ3v) is 22.3. The largest absolute Gasteiger partial charge is 0.460 e. The topological polar surface area (TPSA) is 547 Å². The van der Waals surface area contributed by atoms with E-state index in [2.05, 4.69) is 63.2 Å². The molecule has 36 nitrogen and oxygen atoms in total. The molecular weight excluding hydrogens is 1650 g/mol. The van der Waals surface area contributed by atoms with Crippen molar-refractivity contribution < 1.29 is 86.2 Å². The number of esters is 1. The molecule has 4 unspecified atom stereocenters. The minimum atomic E-state index is -1.56. The molecule has 0 radical (unpaired) electrons. The summed E-state index contributed by atoms with van der Waals surface area (Å²) in [6.07, 6.45) is 7.25. The summed E-state index contributed by atoms with van der Waals surface area (Å²) in [5.41, 5.74) is 30.9. The molecule has 2 heterocycles. The minimum Gasteiger partial charge on any atom is -0.460 e. The second-order valence-electron chi connectivity index (χ2n) is 33.4. The molecule has 0 aromatic heterocycles. The van der Waals surface area contributed by atoms with E-state index in [4.69, 9.17) is 32.4 Å². The van der Waals surface area contributed by atoms with Gasteiger partial charge in [-0.3, -0.25) is 81.9 Å². The molecule has 0 saturated carbocycles. The van der Waals surface area contributed by atoms with E-state index in [0.717, 1.165) is 55.7 Å². The average molecular weight is 1770 g/mol. The zero-order chi connectivity index (χ0) is 93.5. The first-order valence-electron chi connectivity index (χ1n) is 43.7. The van der Waals surface area contributed by atoms with Crippen LogP contribution in [0.1, 0.15) is 204 Å². The van der Waals surface area contributed by atoms with Crippen molar-refractivity contribution in [2.75, 3.05) is 45.9 Å². The van der Waals surface area contributed by atoms with Crippen molar-refractivity contribution in [3.63, 3.8) is 0 Å². The predicted octanol–water partition coefficient (Wildman–Crippen LogP) is 3.16. The van der Waals surface area contributed by atoms with Gasteiger partial charge in [-0.2, -0.15) is 0 Å². The third kappa shape index (κ3) is 29.7. The number of hydrogen-bond acceptors (Lipinski definition) is 20. The number of Topliss-reactive ketones (excluding diaryl/α,β-unsaturated/α-hetero) is 1. The molecule has 10 atom stereocenters. The number of primary amides is 2. The Balaban J connectivity index is 0.000000319. The molecule has 36 heteroatoms. The van der Waals surface area contributed by atoms with E-state index in [-0.39, 0.29) is 83.0 Å². The Kier molecular flexibility index (Phi) is 38.0. The fraction of sp³-hybridized carbons (Fsp3) is 0.500. The summed E-state index contributed by atoms with van der Waals surface area (Å²) in [5.74, 6) is -9.47. The number of hydrogen-bond donors (Lipinski definition) is 14. The molecular formula is C92H124N18O18. The number of amidine groups is 2. The number of benzene rings is 4. The van der Waals surface area contributed by atoms with Crippen LogP contribution in [0, 0.1) is 0 Å². The third-order valence-electron chi connectivity index (χ3n) is 22.3. The van der Waals surface area contributed by atoms with E-state index in [0.29, 0.717) is 76.0 Å². The number of fused-ring (bicyclic) bond motifs is 5. The van der Waals surface area contributed by atoms with Gasteiger partial charge in [0.05, 0.1) is 31.2 Å². The van der Waals surface area contributed by atoms with E-state index < -0.39 is 181 Å². The van der Waals surface area contributed by atoms with Gasteiger partial charge in [-0.15, -0.1) is 0 Å². The Morgan fingerprint density at radius 1 is 0.469 bits per heavy atom. The first kappa shape index (κ1) is 100. The van der Waals surface area contributed by atoms with Crippen molar-refractivity contribution in [2.45, 2.75) is 250 Å². The van der Waals surface area contributed by atoms with Gasteiger partial charge in [0, 0.05) is 57.8 Å². The van der Waals surface area contributed by atoms with Gasteiger partial charge in [0.2, 0.25) is 76.8 Å². The van der Waals surface area contributed by atoms with Crippen LogP contribution < -0.4 is 76.1 Å². The van der Waals surface area contributed by atoms with Crippen molar-refractivity contribution in [3.8, 4) is 11.1 Å². The molecule has 0 bridgehead atoms. The van der Waals surface area contributed by atoms with Crippen molar-refractivity contribution in [2.24, 2.45) is 32.9 Å². The fourth-order valence-corrected chi connectivity index (χ4v) is 16.0. The van der Waals surface area contributed by atoms with Crippen LogP contribution in [0.5, 0.6) is 0 Å². The number of rotatable bonds is 44. The molecule has 9 rings (SSSR count). The van der Waals surface area contributed by atoms with Crippen LogP contribution in [0.15, 0.2) is 119 Å². The number of ether oxygens (including phenoxy) is 2. The second-order valence-corrected chi connectivity index (χ2v) is 33.4. The molecule has 14 amide bonds. The molecule has 18 N–H and O–H groups in total. The van der Waals surface area contributed by atoms with Crippen molar-refractivity contribution in [1.29, 1.82) is 0 Å². The Morgan fingerprint density at radius 3 is 1.28 bits per heavy atom. The minimum absolute atomic E-state index is 0.00843. The number of amides is 14. The predicted molar refractivity (Wildman–Crippen MR) is 479 cm³/mol. The molecule has 5 aliphatic rings. The zero-order valence-electron chi connectivity index (χ0n) is 74.4. The van der Waals surface area contributed by atoms with E-state index in [9.17, 15) is 76.7 Å². The van der Waals surface area contributed by atoms with Gasteiger partial charge in [0.1, 0.15) is 78.4 Å². The monoisotopic (exact) mass is 1770 g/mol. The molecule has 2 aliphatic heterocycles. The van der Waals surface area contributed by atoms with Gasteiger partial charge in [0.25, 0.3) is 0 Å². The summed E-state index contributed by atoms with van der Waals surface area (Å²) in [5, 5.41) is 26.1. The van der Waals surface area contributed by atoms with E-state index >= 15 is 0 Å². The maximum absolute atomic E-state index is 14.5. The first-order chi connectivity index (χ1) is 61.0. The van der Waals surface area contributed by atoms with Crippen LogP contribution in [0.4, 0.5) is 4.79 Å². The van der Waals surface area contributed by atoms with Gasteiger partial charge in [-0.05, 0) is 181 Å². The molecule has 4 aromatic carbocycles. The number of nitrogens with two attached hydrogens (primary N) is 4. The summed E-state index contributed by atoms with van der Waals surface area (Å²) in [4.78, 5) is 224. The highest BCUT2D eigenvalue weighted by Gasteiger charge is 2.44. The van der Waals surface area contributed by atoms with Crippen LogP contribution in [-0.4, -0.2) is 228 Å². The fourth-order valence-electron chi connectivity index (χ4n) is 16.0. The lowest BCUT2D eigenvalue weighted by atomic mass is 9.98. The summed E-state index contributed by atoms with van der Waals surface area (Å²) < 4.78 is 11.2. The van der Waals surface area contributed by atoms with Crippen LogP contribution in [0.25, 0.3) is 22.3 Å². The van der Waals surface area contributed by atoms with Gasteiger partial charge in [-0.1, -0.05) is 130 Å².